The van der Waals surface area contributed by atoms with Crippen molar-refractivity contribution >= 4 is 17.3 Å². The lowest BCUT2D eigenvalue weighted by molar-refractivity contribution is 0.102. The summed E-state index contributed by atoms with van der Waals surface area (Å²) in [6.07, 6.45) is 5.14. The second-order valence-corrected chi connectivity index (χ2v) is 6.14. The molecule has 1 aromatic carbocycles. The maximum atomic E-state index is 13.9. The fourth-order valence-electron chi connectivity index (χ4n) is 2.84. The van der Waals surface area contributed by atoms with E-state index >= 15 is 0 Å². The van der Waals surface area contributed by atoms with Crippen LogP contribution in [0.5, 0.6) is 0 Å². The molecule has 0 unspecified atom stereocenters. The third-order valence-corrected chi connectivity index (χ3v) is 4.19. The van der Waals surface area contributed by atoms with E-state index in [-0.39, 0.29) is 11.7 Å². The van der Waals surface area contributed by atoms with E-state index in [4.69, 9.17) is 0 Å². The number of nitrogens with zero attached hydrogens (tertiary/aromatic N) is 2. The first kappa shape index (κ1) is 16.4. The Labute approximate surface area is 140 Å². The number of carbonyl (C=O) groups excluding carboxylic acids is 1. The molecule has 2 aromatic rings. The van der Waals surface area contributed by atoms with Gasteiger partial charge in [-0.25, -0.2) is 4.39 Å². The topological polar surface area (TPSA) is 57.3 Å². The number of likely N-dealkylation sites (tertiary alicyclic amines) is 1. The number of benzene rings is 1. The van der Waals surface area contributed by atoms with E-state index in [1.54, 1.807) is 30.6 Å². The van der Waals surface area contributed by atoms with Gasteiger partial charge >= 0.3 is 0 Å². The summed E-state index contributed by atoms with van der Waals surface area (Å²) in [4.78, 5) is 18.3. The molecule has 0 atom stereocenters. The van der Waals surface area contributed by atoms with Gasteiger partial charge in [-0.05, 0) is 63.3 Å². The highest BCUT2D eigenvalue weighted by Crippen LogP contribution is 2.22. The molecule has 0 bridgehead atoms. The predicted octanol–water partition coefficient (Wildman–Crippen LogP) is 2.98. The number of pyridine rings is 1. The maximum Gasteiger partial charge on any atom is 0.255 e. The third kappa shape index (κ3) is 4.29. The lowest BCUT2D eigenvalue weighted by Crippen LogP contribution is -2.36. The summed E-state index contributed by atoms with van der Waals surface area (Å²) < 4.78 is 13.9. The molecule has 0 spiro atoms. The minimum Gasteiger partial charge on any atom is -0.382 e. The Morgan fingerprint density at radius 2 is 1.83 bits per heavy atom. The van der Waals surface area contributed by atoms with Crippen molar-refractivity contribution in [2.24, 2.45) is 0 Å². The molecule has 1 aliphatic heterocycles. The molecule has 6 heteroatoms. The van der Waals surface area contributed by atoms with Crippen LogP contribution in [0.25, 0.3) is 0 Å². The molecule has 5 nitrogen and oxygen atoms in total. The van der Waals surface area contributed by atoms with Gasteiger partial charge in [0.15, 0.2) is 0 Å². The molecule has 24 heavy (non-hydrogen) atoms. The average molecular weight is 328 g/mol. The van der Waals surface area contributed by atoms with Crippen molar-refractivity contribution in [3.05, 3.63) is 54.1 Å². The lowest BCUT2D eigenvalue weighted by atomic mass is 10.1. The number of piperidine rings is 1. The molecule has 2 N–H and O–H groups in total. The Bertz CT molecular complexity index is 699. The van der Waals surface area contributed by atoms with Crippen molar-refractivity contribution in [3.63, 3.8) is 0 Å². The van der Waals surface area contributed by atoms with Gasteiger partial charge in [-0.1, -0.05) is 0 Å². The largest absolute Gasteiger partial charge is 0.382 e. The van der Waals surface area contributed by atoms with Crippen LogP contribution in [0.3, 0.4) is 0 Å². The molecule has 3 rings (SSSR count). The first-order valence-corrected chi connectivity index (χ1v) is 8.07. The minimum atomic E-state index is -0.377. The summed E-state index contributed by atoms with van der Waals surface area (Å²) in [5.74, 6) is -0.661. The molecule has 0 aliphatic carbocycles. The van der Waals surface area contributed by atoms with Crippen LogP contribution in [0.4, 0.5) is 15.8 Å². The zero-order valence-electron chi connectivity index (χ0n) is 13.6. The Balaban J connectivity index is 1.68. The standard InChI is InChI=1S/C18H21FN4O/c1-23-8-4-15(5-9-23)21-16-10-14(19)11-17(12-16)22-18(24)13-2-6-20-7-3-13/h2-3,6-7,10-12,15,21H,4-5,8-9H2,1H3,(H,22,24). The number of amides is 1. The van der Waals surface area contributed by atoms with Crippen LogP contribution in [0.2, 0.25) is 0 Å². The van der Waals surface area contributed by atoms with Crippen LogP contribution in [0.15, 0.2) is 42.7 Å². The fourth-order valence-corrected chi connectivity index (χ4v) is 2.84. The molecule has 126 valence electrons. The van der Waals surface area contributed by atoms with Gasteiger partial charge in [0.1, 0.15) is 5.82 Å². The number of halogens is 1. The monoisotopic (exact) mass is 328 g/mol. The second kappa shape index (κ2) is 7.40. The first-order valence-electron chi connectivity index (χ1n) is 8.07. The molecular formula is C18H21FN4O. The summed E-state index contributed by atoms with van der Waals surface area (Å²) in [6, 6.07) is 8.10. The summed E-state index contributed by atoms with van der Waals surface area (Å²) >= 11 is 0. The Hall–Kier alpha value is -2.47. The van der Waals surface area contributed by atoms with Crippen molar-refractivity contribution in [2.75, 3.05) is 30.8 Å². The van der Waals surface area contributed by atoms with E-state index in [0.29, 0.717) is 23.0 Å². The number of hydrogen-bond acceptors (Lipinski definition) is 4. The zero-order chi connectivity index (χ0) is 16.9. The van der Waals surface area contributed by atoms with Crippen molar-refractivity contribution in [2.45, 2.75) is 18.9 Å². The van der Waals surface area contributed by atoms with Crippen molar-refractivity contribution in [1.82, 2.24) is 9.88 Å². The minimum absolute atomic E-state index is 0.284. The highest BCUT2D eigenvalue weighted by atomic mass is 19.1. The number of carbonyl (C=O) groups is 1. The summed E-state index contributed by atoms with van der Waals surface area (Å²) in [6.45, 7) is 2.05. The van der Waals surface area contributed by atoms with Crippen LogP contribution >= 0.6 is 0 Å². The predicted molar refractivity (Wildman–Crippen MR) is 92.7 cm³/mol. The smallest absolute Gasteiger partial charge is 0.255 e. The zero-order valence-corrected chi connectivity index (χ0v) is 13.6. The van der Waals surface area contributed by atoms with E-state index in [0.717, 1.165) is 25.9 Å². The fraction of sp³-hybridized carbons (Fsp3) is 0.333. The van der Waals surface area contributed by atoms with Crippen LogP contribution in [-0.2, 0) is 0 Å². The molecule has 1 aliphatic rings. The molecule has 1 saturated heterocycles. The highest BCUT2D eigenvalue weighted by molar-refractivity contribution is 6.04. The van der Waals surface area contributed by atoms with Gasteiger partial charge in [-0.2, -0.15) is 0 Å². The molecule has 1 fully saturated rings. The van der Waals surface area contributed by atoms with Crippen LogP contribution in [0, 0.1) is 5.82 Å². The number of anilines is 2. The van der Waals surface area contributed by atoms with Crippen molar-refractivity contribution in [3.8, 4) is 0 Å². The van der Waals surface area contributed by atoms with Crippen LogP contribution in [0.1, 0.15) is 23.2 Å². The van der Waals surface area contributed by atoms with Gasteiger partial charge in [0, 0.05) is 35.4 Å². The van der Waals surface area contributed by atoms with Gasteiger partial charge in [-0.3, -0.25) is 9.78 Å². The molecular weight excluding hydrogens is 307 g/mol. The Kier molecular flexibility index (Phi) is 5.05. The number of rotatable bonds is 4. The number of nitrogens with one attached hydrogen (secondary N) is 2. The second-order valence-electron chi connectivity index (χ2n) is 6.14. The molecule has 0 radical (unpaired) electrons. The average Bonchev–Trinajstić information content (AvgIpc) is 2.57. The van der Waals surface area contributed by atoms with Crippen LogP contribution in [-0.4, -0.2) is 42.0 Å². The van der Waals surface area contributed by atoms with Crippen molar-refractivity contribution < 1.29 is 9.18 Å². The van der Waals surface area contributed by atoms with E-state index in [9.17, 15) is 9.18 Å². The number of aromatic nitrogens is 1. The van der Waals surface area contributed by atoms with E-state index in [2.05, 4.69) is 27.6 Å². The molecule has 1 aromatic heterocycles. The molecule has 2 heterocycles. The lowest BCUT2D eigenvalue weighted by Gasteiger charge is -2.30. The number of hydrogen-bond donors (Lipinski definition) is 2. The summed E-state index contributed by atoms with van der Waals surface area (Å²) in [5, 5.41) is 6.10. The van der Waals surface area contributed by atoms with Crippen molar-refractivity contribution in [1.29, 1.82) is 0 Å². The maximum absolute atomic E-state index is 13.9. The molecule has 1 amide bonds. The normalized spacial score (nSPS) is 15.9. The SMILES string of the molecule is CN1CCC(Nc2cc(F)cc(NC(=O)c3ccncc3)c2)CC1. The summed E-state index contributed by atoms with van der Waals surface area (Å²) in [5.41, 5.74) is 1.61. The van der Waals surface area contributed by atoms with Gasteiger partial charge in [0.25, 0.3) is 5.91 Å². The van der Waals surface area contributed by atoms with Gasteiger partial charge in [0.05, 0.1) is 0 Å². The highest BCUT2D eigenvalue weighted by Gasteiger charge is 2.17. The van der Waals surface area contributed by atoms with E-state index in [1.165, 1.54) is 12.1 Å². The van der Waals surface area contributed by atoms with Gasteiger partial charge < -0.3 is 15.5 Å². The Morgan fingerprint density at radius 1 is 1.17 bits per heavy atom. The quantitative estimate of drug-likeness (QED) is 0.906. The first-order chi connectivity index (χ1) is 11.6. The molecule has 0 saturated carbocycles. The van der Waals surface area contributed by atoms with Crippen LogP contribution < -0.4 is 10.6 Å². The van der Waals surface area contributed by atoms with E-state index < -0.39 is 0 Å². The Morgan fingerprint density at radius 3 is 2.54 bits per heavy atom. The summed E-state index contributed by atoms with van der Waals surface area (Å²) in [7, 11) is 2.10. The van der Waals surface area contributed by atoms with Gasteiger partial charge in [-0.15, -0.1) is 0 Å². The third-order valence-electron chi connectivity index (χ3n) is 4.19. The van der Waals surface area contributed by atoms with E-state index in [1.807, 2.05) is 0 Å². The van der Waals surface area contributed by atoms with Gasteiger partial charge in [0.2, 0.25) is 0 Å².